The minimum Gasteiger partial charge on any atom is -0.490 e. The van der Waals surface area contributed by atoms with Crippen molar-refractivity contribution in [3.63, 3.8) is 0 Å². The third-order valence-electron chi connectivity index (χ3n) is 13.6. The molecule has 9 nitrogen and oxygen atoms in total. The topological polar surface area (TPSA) is 110 Å². The number of carbonyl (C=O) groups is 1. The highest BCUT2D eigenvalue weighted by Gasteiger charge is 2.65. The third kappa shape index (κ3) is 11.6. The highest BCUT2D eigenvalue weighted by atomic mass is 16.7. The Morgan fingerprint density at radius 1 is 0.873 bits per heavy atom. The highest BCUT2D eigenvalue weighted by molar-refractivity contribution is 6.03. The van der Waals surface area contributed by atoms with Gasteiger partial charge in [0.05, 0.1) is 18.2 Å². The number of benzene rings is 3. The molecule has 0 aromatic heterocycles. The Kier molecular flexibility index (Phi) is 18.7. The van der Waals surface area contributed by atoms with Gasteiger partial charge in [-0.2, -0.15) is 0 Å². The molecule has 0 saturated heterocycles. The highest BCUT2D eigenvalue weighted by Crippen LogP contribution is 2.62. The lowest BCUT2D eigenvalue weighted by atomic mass is 9.55. The van der Waals surface area contributed by atoms with Crippen molar-refractivity contribution in [3.8, 4) is 11.5 Å². The number of unbranched alkanes of at least 4 members (excludes halogenated alkanes) is 10. The molecule has 1 saturated carbocycles. The predicted molar refractivity (Wildman–Crippen MR) is 254 cm³/mol. The molecule has 63 heavy (non-hydrogen) atoms. The van der Waals surface area contributed by atoms with E-state index in [9.17, 15) is 10.2 Å². The summed E-state index contributed by atoms with van der Waals surface area (Å²) in [6.07, 6.45) is 22.1. The van der Waals surface area contributed by atoms with Crippen LogP contribution in [0.4, 0.5) is 0 Å². The standard InChI is InChI=1S/C54H74N2O7/c1-5-8-9-10-11-12-13-14-15-29-51(59)56(39-42-26-22-25-40-23-16-17-27-44(40)42)50-38-48(55-60-4)46-36-41(24-18-20-32-57)45(28-19-21-33-58)52-47-37-43(61-34-6-2)30-31-49(47)63-54(50,53(46)52)62-35-7-3/h6-7,16-17,22-23,25-27,30-31,36-37,41,45,50,52-53,57-58H,2-3,5,8-15,18-21,24,28-29,32-35,38-39H2,1,4H3. The van der Waals surface area contributed by atoms with E-state index in [0.29, 0.717) is 44.6 Å². The lowest BCUT2D eigenvalue weighted by molar-refractivity contribution is -0.258. The molecule has 2 N–H and O–H groups in total. The van der Waals surface area contributed by atoms with E-state index in [2.05, 4.69) is 79.6 Å². The predicted octanol–water partition coefficient (Wildman–Crippen LogP) is 11.6. The van der Waals surface area contributed by atoms with E-state index in [0.717, 1.165) is 83.9 Å². The fourth-order valence-corrected chi connectivity index (χ4v) is 10.7. The van der Waals surface area contributed by atoms with Crippen LogP contribution < -0.4 is 9.47 Å². The van der Waals surface area contributed by atoms with E-state index >= 15 is 4.79 Å². The number of oxime groups is 1. The van der Waals surface area contributed by atoms with Crippen molar-refractivity contribution in [1.82, 2.24) is 4.90 Å². The smallest absolute Gasteiger partial charge is 0.239 e. The van der Waals surface area contributed by atoms with Gasteiger partial charge in [-0.1, -0.05) is 144 Å². The molecule has 6 atom stereocenters. The molecule has 6 rings (SSSR count). The summed E-state index contributed by atoms with van der Waals surface area (Å²) in [4.78, 5) is 23.0. The third-order valence-corrected chi connectivity index (χ3v) is 13.6. The fraction of sp³-hybridized carbons (Fsp3) is 0.556. The van der Waals surface area contributed by atoms with Crippen molar-refractivity contribution in [3.05, 3.63) is 109 Å². The van der Waals surface area contributed by atoms with Crippen LogP contribution in [-0.2, 0) is 20.9 Å². The quantitative estimate of drug-likeness (QED) is 0.0425. The van der Waals surface area contributed by atoms with Crippen LogP contribution in [0.15, 0.2) is 103 Å². The zero-order valence-corrected chi connectivity index (χ0v) is 38.2. The van der Waals surface area contributed by atoms with Gasteiger partial charge in [-0.3, -0.25) is 4.79 Å². The van der Waals surface area contributed by atoms with Crippen molar-refractivity contribution in [1.29, 1.82) is 0 Å². The first kappa shape index (κ1) is 48.0. The molecule has 1 fully saturated rings. The van der Waals surface area contributed by atoms with Crippen LogP contribution in [0.5, 0.6) is 11.5 Å². The number of ether oxygens (including phenoxy) is 3. The van der Waals surface area contributed by atoms with Gasteiger partial charge in [0.2, 0.25) is 11.7 Å². The van der Waals surface area contributed by atoms with Crippen LogP contribution >= 0.6 is 0 Å². The van der Waals surface area contributed by atoms with Gasteiger partial charge in [0, 0.05) is 44.1 Å². The van der Waals surface area contributed by atoms with Crippen LogP contribution in [0.1, 0.15) is 133 Å². The molecule has 1 amide bonds. The van der Waals surface area contributed by atoms with Gasteiger partial charge in [-0.25, -0.2) is 0 Å². The van der Waals surface area contributed by atoms with E-state index < -0.39 is 11.8 Å². The van der Waals surface area contributed by atoms with Gasteiger partial charge >= 0.3 is 0 Å². The van der Waals surface area contributed by atoms with Crippen LogP contribution in [0.3, 0.4) is 0 Å². The summed E-state index contributed by atoms with van der Waals surface area (Å²) >= 11 is 0. The lowest BCUT2D eigenvalue weighted by Crippen LogP contribution is -2.70. The monoisotopic (exact) mass is 863 g/mol. The first-order valence-corrected chi connectivity index (χ1v) is 24.1. The van der Waals surface area contributed by atoms with Crippen LogP contribution in [-0.4, -0.2) is 72.1 Å². The molecule has 1 aliphatic heterocycles. The Hall–Kier alpha value is -4.44. The van der Waals surface area contributed by atoms with E-state index in [4.69, 9.17) is 24.2 Å². The molecule has 1 heterocycles. The summed E-state index contributed by atoms with van der Waals surface area (Å²) in [5.41, 5.74) is 3.91. The molecule has 0 bridgehead atoms. The summed E-state index contributed by atoms with van der Waals surface area (Å²) in [6.45, 7) is 11.4. The molecule has 3 aliphatic rings. The molecule has 0 spiro atoms. The number of fused-ring (bicyclic) bond motifs is 3. The summed E-state index contributed by atoms with van der Waals surface area (Å²) in [7, 11) is 1.59. The zero-order valence-electron chi connectivity index (χ0n) is 38.2. The molecule has 9 heteroatoms. The molecular weight excluding hydrogens is 789 g/mol. The Morgan fingerprint density at radius 2 is 1.59 bits per heavy atom. The number of amides is 1. The second-order valence-corrected chi connectivity index (χ2v) is 17.8. The summed E-state index contributed by atoms with van der Waals surface area (Å²) in [5, 5.41) is 26.9. The normalized spacial score (nSPS) is 23.0. The molecule has 0 radical (unpaired) electrons. The Bertz CT molecular complexity index is 1990. The summed E-state index contributed by atoms with van der Waals surface area (Å²) in [6, 6.07) is 20.2. The van der Waals surface area contributed by atoms with E-state index in [1.54, 1.807) is 19.3 Å². The zero-order chi connectivity index (χ0) is 44.4. The van der Waals surface area contributed by atoms with Gasteiger partial charge < -0.3 is 34.2 Å². The van der Waals surface area contributed by atoms with Gasteiger partial charge in [-0.15, -0.1) is 6.58 Å². The number of hydrogen-bond donors (Lipinski definition) is 2. The average Bonchev–Trinajstić information content (AvgIpc) is 3.30. The lowest BCUT2D eigenvalue weighted by Gasteiger charge is -2.60. The van der Waals surface area contributed by atoms with Crippen molar-refractivity contribution in [2.75, 3.05) is 33.5 Å². The maximum Gasteiger partial charge on any atom is 0.239 e. The molecular formula is C54H74N2O7. The number of aliphatic hydroxyl groups excluding tert-OH is 2. The van der Waals surface area contributed by atoms with Gasteiger partial charge in [0.25, 0.3) is 0 Å². The minimum absolute atomic E-state index is 0.0676. The largest absolute Gasteiger partial charge is 0.490 e. The number of rotatable bonds is 28. The van der Waals surface area contributed by atoms with E-state index in [1.165, 1.54) is 38.5 Å². The first-order valence-electron chi connectivity index (χ1n) is 24.1. The fourth-order valence-electron chi connectivity index (χ4n) is 10.7. The number of allylic oxidation sites excluding steroid dienone is 1. The van der Waals surface area contributed by atoms with Crippen molar-refractivity contribution >= 4 is 22.4 Å². The summed E-state index contributed by atoms with van der Waals surface area (Å²) in [5.74, 6) is -0.0501. The SMILES string of the molecule is C=CCOc1ccc2c(c1)C1C(CCCCO)C(CCCCO)C=C3C(=NOC)CC(N(Cc4cccc5ccccc45)C(=O)CCCCCCCCCCC)C(OCC=C)(O2)C31. The minimum atomic E-state index is -1.32. The average molecular weight is 863 g/mol. The van der Waals surface area contributed by atoms with E-state index in [-0.39, 0.29) is 49.4 Å². The van der Waals surface area contributed by atoms with Gasteiger partial charge in [0.15, 0.2) is 0 Å². The number of carbonyl (C=O) groups excluding carboxylic acids is 1. The van der Waals surface area contributed by atoms with Crippen molar-refractivity contribution in [2.45, 2.75) is 140 Å². The van der Waals surface area contributed by atoms with Crippen LogP contribution in [0.25, 0.3) is 10.8 Å². The maximum absolute atomic E-state index is 15.3. The first-order chi connectivity index (χ1) is 30.9. The molecule has 3 aromatic rings. The van der Waals surface area contributed by atoms with Crippen molar-refractivity contribution in [2.24, 2.45) is 22.9 Å². The Balaban J connectivity index is 1.50. The van der Waals surface area contributed by atoms with Gasteiger partial charge in [-0.05, 0) is 84.0 Å². The second-order valence-electron chi connectivity index (χ2n) is 17.8. The molecule has 2 aliphatic carbocycles. The number of nitrogens with zero attached hydrogens (tertiary/aromatic N) is 2. The van der Waals surface area contributed by atoms with Gasteiger partial charge in [0.1, 0.15) is 31.3 Å². The maximum atomic E-state index is 15.3. The Morgan fingerprint density at radius 3 is 2.32 bits per heavy atom. The van der Waals surface area contributed by atoms with Crippen LogP contribution in [0, 0.1) is 17.8 Å². The second kappa shape index (κ2) is 24.6. The molecule has 342 valence electrons. The van der Waals surface area contributed by atoms with Crippen molar-refractivity contribution < 1.29 is 34.1 Å². The van der Waals surface area contributed by atoms with Crippen LogP contribution in [0.2, 0.25) is 0 Å². The summed E-state index contributed by atoms with van der Waals surface area (Å²) < 4.78 is 20.9. The van der Waals surface area contributed by atoms with E-state index in [1.807, 2.05) is 12.1 Å². The molecule has 3 aromatic carbocycles. The Labute approximate surface area is 377 Å². The molecule has 6 unspecified atom stereocenters. The number of aliphatic hydroxyl groups is 2. The number of hydrogen-bond acceptors (Lipinski definition) is 8.